The Balaban J connectivity index is 1.55. The lowest BCUT2D eigenvalue weighted by Gasteiger charge is -2.34. The lowest BCUT2D eigenvalue weighted by atomic mass is 9.82. The molecule has 4 rings (SSSR count). The van der Waals surface area contributed by atoms with Crippen LogP contribution in [0.15, 0.2) is 30.5 Å². The molecule has 0 spiro atoms. The van der Waals surface area contributed by atoms with Crippen molar-refractivity contribution in [2.75, 3.05) is 0 Å². The van der Waals surface area contributed by atoms with E-state index in [1.165, 1.54) is 76.3 Å². The molecule has 1 aromatic heterocycles. The second-order valence-electron chi connectivity index (χ2n) is 8.07. The van der Waals surface area contributed by atoms with Crippen LogP contribution in [-0.4, -0.2) is 16.0 Å². The van der Waals surface area contributed by atoms with Gasteiger partial charge in [-0.05, 0) is 61.4 Å². The first-order valence-corrected chi connectivity index (χ1v) is 10.4. The van der Waals surface area contributed by atoms with Crippen LogP contribution in [0.4, 0.5) is 4.39 Å². The average Bonchev–Trinajstić information content (AvgIpc) is 3.18. The molecule has 2 aliphatic carbocycles. The van der Waals surface area contributed by atoms with Crippen LogP contribution in [0.25, 0.3) is 11.3 Å². The molecule has 140 valence electrons. The second-order valence-corrected chi connectivity index (χ2v) is 8.07. The van der Waals surface area contributed by atoms with Crippen molar-refractivity contribution >= 4 is 0 Å². The average molecular weight is 356 g/mol. The highest BCUT2D eigenvalue weighted by molar-refractivity contribution is 5.58. The van der Waals surface area contributed by atoms with E-state index in [0.717, 1.165) is 17.1 Å². The van der Waals surface area contributed by atoms with E-state index < -0.39 is 0 Å². The van der Waals surface area contributed by atoms with Crippen molar-refractivity contribution in [2.45, 2.75) is 76.3 Å². The summed E-state index contributed by atoms with van der Waals surface area (Å²) in [4.78, 5) is 8.28. The maximum atomic E-state index is 13.2. The summed E-state index contributed by atoms with van der Waals surface area (Å²) in [5, 5.41) is 3.96. The molecular formula is C22H30FN3. The Morgan fingerprint density at radius 2 is 1.58 bits per heavy atom. The molecule has 2 aromatic rings. The van der Waals surface area contributed by atoms with Gasteiger partial charge in [0.15, 0.2) is 0 Å². The number of imidazole rings is 1. The predicted molar refractivity (Wildman–Crippen MR) is 103 cm³/mol. The van der Waals surface area contributed by atoms with Gasteiger partial charge in [0, 0.05) is 6.04 Å². The fourth-order valence-corrected chi connectivity index (χ4v) is 4.70. The van der Waals surface area contributed by atoms with Crippen LogP contribution in [0, 0.1) is 11.7 Å². The Bertz CT molecular complexity index is 682. The summed E-state index contributed by atoms with van der Waals surface area (Å²) < 4.78 is 13.2. The minimum atomic E-state index is -0.201. The molecule has 26 heavy (non-hydrogen) atoms. The van der Waals surface area contributed by atoms with Gasteiger partial charge in [-0.1, -0.05) is 38.5 Å². The second kappa shape index (κ2) is 8.34. The molecule has 0 aliphatic heterocycles. The maximum absolute atomic E-state index is 13.2. The number of hydrogen-bond donors (Lipinski definition) is 2. The van der Waals surface area contributed by atoms with Gasteiger partial charge in [0.25, 0.3) is 0 Å². The highest BCUT2D eigenvalue weighted by Gasteiger charge is 2.29. The van der Waals surface area contributed by atoms with Crippen LogP contribution in [-0.2, 0) is 0 Å². The molecule has 1 aromatic carbocycles. The standard InChI is InChI=1S/C22H30FN3/c23-18-13-11-16(12-14-18)20-15-24-22(26-20)21(17-7-3-1-4-8-17)25-19-9-5-2-6-10-19/h11-15,17,19,21,25H,1-10H2,(H,24,26)/t21-/m0/s1. The van der Waals surface area contributed by atoms with Gasteiger partial charge < -0.3 is 10.3 Å². The monoisotopic (exact) mass is 355 g/mol. The quantitative estimate of drug-likeness (QED) is 0.716. The SMILES string of the molecule is Fc1ccc(-c2cnc([C@@H](NC3CCCCC3)C3CCCCC3)[nH]2)cc1. The summed E-state index contributed by atoms with van der Waals surface area (Å²) in [6.07, 6.45) is 15.1. The van der Waals surface area contributed by atoms with Gasteiger partial charge >= 0.3 is 0 Å². The molecule has 2 N–H and O–H groups in total. The number of nitrogens with one attached hydrogen (secondary N) is 2. The highest BCUT2D eigenvalue weighted by atomic mass is 19.1. The third-order valence-electron chi connectivity index (χ3n) is 6.19. The van der Waals surface area contributed by atoms with Crippen molar-refractivity contribution in [2.24, 2.45) is 5.92 Å². The highest BCUT2D eigenvalue weighted by Crippen LogP contribution is 2.35. The van der Waals surface area contributed by atoms with Crippen molar-refractivity contribution in [1.82, 2.24) is 15.3 Å². The molecule has 3 nitrogen and oxygen atoms in total. The van der Waals surface area contributed by atoms with Gasteiger partial charge in [-0.25, -0.2) is 9.37 Å². The number of nitrogens with zero attached hydrogens (tertiary/aromatic N) is 1. The largest absolute Gasteiger partial charge is 0.341 e. The van der Waals surface area contributed by atoms with E-state index in [0.29, 0.717) is 18.0 Å². The van der Waals surface area contributed by atoms with Gasteiger partial charge in [-0.2, -0.15) is 0 Å². The summed E-state index contributed by atoms with van der Waals surface area (Å²) in [5.41, 5.74) is 1.97. The van der Waals surface area contributed by atoms with E-state index in [9.17, 15) is 4.39 Å². The fourth-order valence-electron chi connectivity index (χ4n) is 4.70. The molecule has 0 saturated heterocycles. The Labute approximate surface area is 155 Å². The van der Waals surface area contributed by atoms with Crippen LogP contribution < -0.4 is 5.32 Å². The first kappa shape index (κ1) is 17.7. The number of aromatic amines is 1. The molecule has 2 aliphatic rings. The summed E-state index contributed by atoms with van der Waals surface area (Å²) in [7, 11) is 0. The maximum Gasteiger partial charge on any atom is 0.124 e. The third-order valence-corrected chi connectivity index (χ3v) is 6.19. The Morgan fingerprint density at radius 1 is 0.923 bits per heavy atom. The Morgan fingerprint density at radius 3 is 2.27 bits per heavy atom. The molecule has 0 unspecified atom stereocenters. The minimum Gasteiger partial charge on any atom is -0.341 e. The summed E-state index contributed by atoms with van der Waals surface area (Å²) in [5.74, 6) is 1.52. The van der Waals surface area contributed by atoms with Gasteiger partial charge in [-0.15, -0.1) is 0 Å². The first-order valence-electron chi connectivity index (χ1n) is 10.4. The van der Waals surface area contributed by atoms with Crippen molar-refractivity contribution < 1.29 is 4.39 Å². The van der Waals surface area contributed by atoms with Crippen molar-refractivity contribution in [3.63, 3.8) is 0 Å². The molecule has 0 amide bonds. The molecule has 2 saturated carbocycles. The first-order chi connectivity index (χ1) is 12.8. The van der Waals surface area contributed by atoms with E-state index in [2.05, 4.69) is 10.3 Å². The zero-order valence-electron chi connectivity index (χ0n) is 15.5. The Kier molecular flexibility index (Phi) is 5.68. The third kappa shape index (κ3) is 4.17. The normalized spacial score (nSPS) is 21.0. The summed E-state index contributed by atoms with van der Waals surface area (Å²) >= 11 is 0. The van der Waals surface area contributed by atoms with Crippen LogP contribution >= 0.6 is 0 Å². The zero-order valence-corrected chi connectivity index (χ0v) is 15.5. The van der Waals surface area contributed by atoms with E-state index in [4.69, 9.17) is 4.98 Å². The minimum absolute atomic E-state index is 0.201. The van der Waals surface area contributed by atoms with Gasteiger partial charge in [-0.3, -0.25) is 0 Å². The smallest absolute Gasteiger partial charge is 0.124 e. The van der Waals surface area contributed by atoms with Crippen LogP contribution in [0.3, 0.4) is 0 Å². The van der Waals surface area contributed by atoms with Gasteiger partial charge in [0.1, 0.15) is 11.6 Å². The van der Waals surface area contributed by atoms with Crippen LogP contribution in [0.1, 0.15) is 76.1 Å². The molecular weight excluding hydrogens is 325 g/mol. The molecule has 0 radical (unpaired) electrons. The lowest BCUT2D eigenvalue weighted by molar-refractivity contribution is 0.227. The van der Waals surface area contributed by atoms with Gasteiger partial charge in [0.05, 0.1) is 17.9 Å². The van der Waals surface area contributed by atoms with Crippen LogP contribution in [0.2, 0.25) is 0 Å². The topological polar surface area (TPSA) is 40.7 Å². The molecule has 0 bridgehead atoms. The summed E-state index contributed by atoms with van der Waals surface area (Å²) in [6.45, 7) is 0. The van der Waals surface area contributed by atoms with Crippen molar-refractivity contribution in [3.05, 3.63) is 42.1 Å². The van der Waals surface area contributed by atoms with E-state index in [-0.39, 0.29) is 5.82 Å². The molecule has 1 atom stereocenters. The number of benzene rings is 1. The molecule has 4 heteroatoms. The van der Waals surface area contributed by atoms with E-state index in [1.54, 1.807) is 0 Å². The summed E-state index contributed by atoms with van der Waals surface area (Å²) in [6, 6.07) is 7.58. The molecule has 2 fully saturated rings. The number of aromatic nitrogens is 2. The molecule has 1 heterocycles. The van der Waals surface area contributed by atoms with Crippen molar-refractivity contribution in [3.8, 4) is 11.3 Å². The zero-order chi connectivity index (χ0) is 17.8. The number of hydrogen-bond acceptors (Lipinski definition) is 2. The number of rotatable bonds is 5. The fraction of sp³-hybridized carbons (Fsp3) is 0.591. The van der Waals surface area contributed by atoms with E-state index >= 15 is 0 Å². The number of H-pyrrole nitrogens is 1. The Hall–Kier alpha value is -1.68. The van der Waals surface area contributed by atoms with Gasteiger partial charge in [0.2, 0.25) is 0 Å². The number of halogens is 1. The predicted octanol–water partition coefficient (Wildman–Crippen LogP) is 5.76. The van der Waals surface area contributed by atoms with E-state index in [1.807, 2.05) is 18.3 Å². The van der Waals surface area contributed by atoms with Crippen LogP contribution in [0.5, 0.6) is 0 Å². The lowest BCUT2D eigenvalue weighted by Crippen LogP contribution is -2.39. The van der Waals surface area contributed by atoms with Crippen molar-refractivity contribution in [1.29, 1.82) is 0 Å².